The van der Waals surface area contributed by atoms with Gasteiger partial charge in [-0.15, -0.1) is 0 Å². The molecule has 0 aromatic heterocycles. The van der Waals surface area contributed by atoms with Crippen LogP contribution in [-0.4, -0.2) is 54.8 Å². The number of hydrogen-bond acceptors (Lipinski definition) is 7. The predicted molar refractivity (Wildman–Crippen MR) is 107 cm³/mol. The molecule has 0 radical (unpaired) electrons. The van der Waals surface area contributed by atoms with Gasteiger partial charge in [0.2, 0.25) is 5.76 Å². The number of cyclic esters (lactones) is 2. The Morgan fingerprint density at radius 2 is 1.80 bits per heavy atom. The number of carbonyl (C=O) groups excluding carboxylic acids is 2. The monoisotopic (exact) mass is 417 g/mol. The van der Waals surface area contributed by atoms with E-state index in [9.17, 15) is 9.59 Å². The zero-order valence-electron chi connectivity index (χ0n) is 18.2. The lowest BCUT2D eigenvalue weighted by Crippen LogP contribution is -2.46. The third kappa shape index (κ3) is 2.88. The highest BCUT2D eigenvalue weighted by Gasteiger charge is 2.54. The number of rotatable bonds is 2. The van der Waals surface area contributed by atoms with Gasteiger partial charge in [-0.2, -0.15) is 0 Å². The lowest BCUT2D eigenvalue weighted by Gasteiger charge is -2.35. The van der Waals surface area contributed by atoms with Crippen molar-refractivity contribution < 1.29 is 28.5 Å². The smallest absolute Gasteiger partial charge is 0.343 e. The van der Waals surface area contributed by atoms with Crippen LogP contribution >= 0.6 is 0 Å². The van der Waals surface area contributed by atoms with Crippen molar-refractivity contribution in [3.05, 3.63) is 22.9 Å². The molecule has 0 amide bonds. The van der Waals surface area contributed by atoms with E-state index in [0.717, 1.165) is 44.4 Å². The largest absolute Gasteiger partial charge is 0.492 e. The van der Waals surface area contributed by atoms with Crippen molar-refractivity contribution in [3.8, 4) is 0 Å². The molecule has 0 spiro atoms. The standard InChI is InChI=1S/C23H31NO6/c1-11-10-17(29-22(11)25)14-7-8-15-18-12(2)20(28-16(18)6-5-9-24(14)15)21-19(27-4)13(3)23(26)30-21/h11-12,14-18H,5-10H2,1-4H3/b21-20+. The van der Waals surface area contributed by atoms with Crippen LogP contribution in [0.25, 0.3) is 0 Å². The van der Waals surface area contributed by atoms with E-state index in [0.29, 0.717) is 35.1 Å². The Kier molecular flexibility index (Phi) is 4.84. The van der Waals surface area contributed by atoms with Gasteiger partial charge >= 0.3 is 11.9 Å². The first-order chi connectivity index (χ1) is 14.4. The molecule has 0 aromatic rings. The molecule has 7 atom stereocenters. The molecule has 7 unspecified atom stereocenters. The zero-order chi connectivity index (χ0) is 21.2. The van der Waals surface area contributed by atoms with Gasteiger partial charge in [-0.25, -0.2) is 4.79 Å². The quantitative estimate of drug-likeness (QED) is 0.640. The molecule has 5 aliphatic heterocycles. The summed E-state index contributed by atoms with van der Waals surface area (Å²) in [6.45, 7) is 6.88. The summed E-state index contributed by atoms with van der Waals surface area (Å²) < 4.78 is 23.2. The highest BCUT2D eigenvalue weighted by atomic mass is 16.6. The summed E-state index contributed by atoms with van der Waals surface area (Å²) in [5.74, 6) is 1.73. The van der Waals surface area contributed by atoms with Crippen LogP contribution in [-0.2, 0) is 28.5 Å². The molecule has 5 heterocycles. The maximum Gasteiger partial charge on any atom is 0.343 e. The van der Waals surface area contributed by atoms with E-state index in [-0.39, 0.29) is 36.0 Å². The van der Waals surface area contributed by atoms with Crippen molar-refractivity contribution in [3.63, 3.8) is 0 Å². The molecule has 0 N–H and O–H groups in total. The van der Waals surface area contributed by atoms with E-state index in [1.807, 2.05) is 6.92 Å². The summed E-state index contributed by atoms with van der Waals surface area (Å²) >= 11 is 0. The van der Waals surface area contributed by atoms with Crippen LogP contribution < -0.4 is 0 Å². The molecule has 0 aliphatic carbocycles. The van der Waals surface area contributed by atoms with Crippen LogP contribution in [0.15, 0.2) is 22.9 Å². The Labute approximate surface area is 177 Å². The molecule has 0 saturated carbocycles. The molecule has 5 rings (SSSR count). The molecular formula is C23H31NO6. The van der Waals surface area contributed by atoms with Crippen LogP contribution in [0.3, 0.4) is 0 Å². The molecule has 4 fully saturated rings. The van der Waals surface area contributed by atoms with Crippen LogP contribution in [0.4, 0.5) is 0 Å². The fraction of sp³-hybridized carbons (Fsp3) is 0.739. The van der Waals surface area contributed by atoms with Crippen molar-refractivity contribution in [1.82, 2.24) is 4.90 Å². The fourth-order valence-electron chi connectivity index (χ4n) is 6.36. The molecular weight excluding hydrogens is 386 g/mol. The van der Waals surface area contributed by atoms with Crippen LogP contribution in [0.1, 0.15) is 52.9 Å². The first kappa shape index (κ1) is 19.9. The van der Waals surface area contributed by atoms with Gasteiger partial charge < -0.3 is 18.9 Å². The zero-order valence-corrected chi connectivity index (χ0v) is 18.2. The van der Waals surface area contributed by atoms with E-state index < -0.39 is 0 Å². The van der Waals surface area contributed by atoms with E-state index in [2.05, 4.69) is 11.8 Å². The molecule has 0 aromatic carbocycles. The Morgan fingerprint density at radius 3 is 2.50 bits per heavy atom. The average molecular weight is 418 g/mol. The lowest BCUT2D eigenvalue weighted by molar-refractivity contribution is -0.146. The van der Waals surface area contributed by atoms with Crippen LogP contribution in [0, 0.1) is 17.8 Å². The van der Waals surface area contributed by atoms with Crippen molar-refractivity contribution in [2.24, 2.45) is 17.8 Å². The second-order valence-electron chi connectivity index (χ2n) is 9.47. The maximum absolute atomic E-state index is 12.1. The van der Waals surface area contributed by atoms with Gasteiger partial charge in [0.1, 0.15) is 18.0 Å². The number of methoxy groups -OCH3 is 1. The predicted octanol–water partition coefficient (Wildman–Crippen LogP) is 2.90. The molecule has 5 aliphatic rings. The second-order valence-corrected chi connectivity index (χ2v) is 9.47. The molecule has 4 saturated heterocycles. The number of hydrogen-bond donors (Lipinski definition) is 0. The molecule has 0 bridgehead atoms. The van der Waals surface area contributed by atoms with Crippen molar-refractivity contribution in [1.29, 1.82) is 0 Å². The van der Waals surface area contributed by atoms with E-state index in [1.54, 1.807) is 14.0 Å². The molecule has 164 valence electrons. The Bertz CT molecular complexity index is 832. The van der Waals surface area contributed by atoms with Gasteiger partial charge in [-0.05, 0) is 45.6 Å². The lowest BCUT2D eigenvalue weighted by atomic mass is 9.82. The van der Waals surface area contributed by atoms with Crippen molar-refractivity contribution >= 4 is 11.9 Å². The maximum atomic E-state index is 12.1. The average Bonchev–Trinajstić information content (AvgIpc) is 3.40. The minimum Gasteiger partial charge on any atom is -0.492 e. The minimum absolute atomic E-state index is 0.00149. The normalized spacial score (nSPS) is 43.8. The number of esters is 2. The summed E-state index contributed by atoms with van der Waals surface area (Å²) in [6, 6.07) is 0.686. The first-order valence-electron chi connectivity index (χ1n) is 11.2. The van der Waals surface area contributed by atoms with E-state index in [1.165, 1.54) is 0 Å². The van der Waals surface area contributed by atoms with Gasteiger partial charge in [0.15, 0.2) is 5.76 Å². The number of carbonyl (C=O) groups is 2. The Balaban J connectivity index is 1.42. The topological polar surface area (TPSA) is 74.3 Å². The van der Waals surface area contributed by atoms with Gasteiger partial charge in [-0.3, -0.25) is 9.69 Å². The van der Waals surface area contributed by atoms with Gasteiger partial charge in [0, 0.05) is 23.9 Å². The second kappa shape index (κ2) is 7.29. The Morgan fingerprint density at radius 1 is 1.03 bits per heavy atom. The van der Waals surface area contributed by atoms with E-state index >= 15 is 0 Å². The number of fused-ring (bicyclic) bond motifs is 3. The molecule has 30 heavy (non-hydrogen) atoms. The summed E-state index contributed by atoms with van der Waals surface area (Å²) in [6.07, 6.45) is 5.09. The van der Waals surface area contributed by atoms with Crippen LogP contribution in [0.2, 0.25) is 0 Å². The summed E-state index contributed by atoms with van der Waals surface area (Å²) in [5, 5.41) is 0. The van der Waals surface area contributed by atoms with Crippen molar-refractivity contribution in [2.75, 3.05) is 13.7 Å². The highest BCUT2D eigenvalue weighted by molar-refractivity contribution is 5.93. The summed E-state index contributed by atoms with van der Waals surface area (Å²) in [5.41, 5.74) is 0.489. The minimum atomic E-state index is -0.364. The number of allylic oxidation sites excluding steroid dienone is 1. The van der Waals surface area contributed by atoms with Gasteiger partial charge in [0.05, 0.1) is 18.6 Å². The van der Waals surface area contributed by atoms with Gasteiger partial charge in [-0.1, -0.05) is 13.8 Å². The fourth-order valence-corrected chi connectivity index (χ4v) is 6.36. The molecule has 7 heteroatoms. The Hall–Kier alpha value is -2.02. The summed E-state index contributed by atoms with van der Waals surface area (Å²) in [7, 11) is 1.56. The van der Waals surface area contributed by atoms with Gasteiger partial charge in [0.25, 0.3) is 0 Å². The van der Waals surface area contributed by atoms with E-state index in [4.69, 9.17) is 18.9 Å². The SMILES string of the molecule is COC1=C(C)C(=O)O/C1=C1/OC2CCCN3C(C4CC(C)C(=O)O4)CCC3C2C1C. The number of ether oxygens (including phenoxy) is 4. The van der Waals surface area contributed by atoms with Crippen LogP contribution in [0.5, 0.6) is 0 Å². The highest BCUT2D eigenvalue weighted by Crippen LogP contribution is 2.50. The number of nitrogens with zero attached hydrogens (tertiary/aromatic N) is 1. The molecule has 7 nitrogen and oxygen atoms in total. The first-order valence-corrected chi connectivity index (χ1v) is 11.2. The van der Waals surface area contributed by atoms with Crippen molar-refractivity contribution in [2.45, 2.75) is 77.2 Å². The summed E-state index contributed by atoms with van der Waals surface area (Å²) in [4.78, 5) is 26.7. The third-order valence-corrected chi connectivity index (χ3v) is 7.82. The third-order valence-electron chi connectivity index (χ3n) is 7.82.